The van der Waals surface area contributed by atoms with Crippen molar-refractivity contribution in [1.29, 1.82) is 0 Å². The first-order valence-corrected chi connectivity index (χ1v) is 24.3. The van der Waals surface area contributed by atoms with Crippen molar-refractivity contribution in [2.24, 2.45) is 0 Å². The number of carbonyl (C=O) groups is 9. The average molecular weight is 1070 g/mol. The maximum atomic E-state index is 14.1. The van der Waals surface area contributed by atoms with Crippen LogP contribution in [0.2, 0.25) is 0 Å². The summed E-state index contributed by atoms with van der Waals surface area (Å²) in [5, 5.41) is 30.7. The van der Waals surface area contributed by atoms with Crippen LogP contribution >= 0.6 is 0 Å². The van der Waals surface area contributed by atoms with Gasteiger partial charge in [0.1, 0.15) is 55.4 Å². The molecule has 0 aromatic heterocycles. The van der Waals surface area contributed by atoms with Gasteiger partial charge in [-0.3, -0.25) is 28.8 Å². The molecule has 0 unspecified atom stereocenters. The van der Waals surface area contributed by atoms with Gasteiger partial charge in [-0.2, -0.15) is 0 Å². The highest BCUT2D eigenvalue weighted by atomic mass is 16.8. The quantitative estimate of drug-likeness (QED) is 0.0916. The molecule has 0 bridgehead atoms. The zero-order chi connectivity index (χ0) is 56.4. The SMILES string of the molecule is COC(=O)[C@@]1(OC[C@H]2O[C@H](O[C@H](C)[C@H](NC(=O)OCC3c4ccccc4-c4ccccc43)C(=O)OC(C)(C)C)[C@H](NC(C)=O)[C@@H](O)[C@H]2O)C[C@H](OC(C)=O)[C@@H](NC(C)=O)[C@H]([C@H](OC(C)=O)[C@@H](COC(C)=O)OC(C)=O)O1. The van der Waals surface area contributed by atoms with Crippen molar-refractivity contribution in [1.82, 2.24) is 16.0 Å². The predicted molar refractivity (Wildman–Crippen MR) is 258 cm³/mol. The Balaban J connectivity index is 1.47. The number of hydrogen-bond acceptors (Lipinski definition) is 22. The van der Waals surface area contributed by atoms with E-state index in [9.17, 15) is 53.4 Å². The number of ether oxygens (including phenoxy) is 11. The Kier molecular flexibility index (Phi) is 20.4. The van der Waals surface area contributed by atoms with Crippen LogP contribution in [0, 0.1) is 0 Å². The van der Waals surface area contributed by atoms with Gasteiger partial charge in [-0.05, 0) is 49.9 Å². The molecule has 0 spiro atoms. The largest absolute Gasteiger partial charge is 0.465 e. The molecule has 2 saturated heterocycles. The van der Waals surface area contributed by atoms with E-state index in [1.165, 1.54) is 6.92 Å². The van der Waals surface area contributed by atoms with Gasteiger partial charge in [0, 0.05) is 47.5 Å². The molecule has 1 aliphatic carbocycles. The lowest BCUT2D eigenvalue weighted by atomic mass is 9.87. The zero-order valence-electron chi connectivity index (χ0n) is 44.0. The third kappa shape index (κ3) is 15.4. The van der Waals surface area contributed by atoms with Crippen molar-refractivity contribution in [3.8, 4) is 11.1 Å². The maximum Gasteiger partial charge on any atom is 0.407 e. The summed E-state index contributed by atoms with van der Waals surface area (Å²) in [5.74, 6) is -10.7. The molecule has 2 aromatic rings. The third-order valence-electron chi connectivity index (χ3n) is 12.1. The number of fused-ring (bicyclic) bond motifs is 3. The summed E-state index contributed by atoms with van der Waals surface area (Å²) in [5.41, 5.74) is 2.72. The fourth-order valence-corrected chi connectivity index (χ4v) is 9.13. The van der Waals surface area contributed by atoms with E-state index in [1.54, 1.807) is 20.8 Å². The summed E-state index contributed by atoms with van der Waals surface area (Å²) in [4.78, 5) is 117. The summed E-state index contributed by atoms with van der Waals surface area (Å²) in [6, 6.07) is 10.5. The Morgan fingerprint density at radius 1 is 0.750 bits per heavy atom. The first-order valence-electron chi connectivity index (χ1n) is 24.3. The molecule has 418 valence electrons. The second kappa shape index (κ2) is 25.8. The minimum absolute atomic E-state index is 0.128. The molecule has 2 aromatic carbocycles. The molecular formula is C51H67N3O22. The highest BCUT2D eigenvalue weighted by Crippen LogP contribution is 2.45. The standard InChI is InChI=1S/C51H67N3O22/c1-24(39(46(63)76-50(8,9)10)54-49(65)68-21-35-33-18-14-12-16-31(33)32-17-13-15-19-34(32)35)70-47-41(53-26(3)56)43(62)42(61)37(74-47)23-69-51(48(64)66-11)20-36(71-28(5)58)40(52-25(2)55)45(75-51)44(73-30(7)60)38(72-29(6)59)22-67-27(4)57/h12-19,24,35-45,47,61-62H,20-23H2,1-11H3,(H,52,55)(H,53,56)(H,54,65)/t24-,36+,37-,38-,39+,40-,41-,42+,43-,44-,45-,47+,51-/m1/s1. The van der Waals surface area contributed by atoms with Crippen LogP contribution < -0.4 is 16.0 Å². The summed E-state index contributed by atoms with van der Waals surface area (Å²) >= 11 is 0. The van der Waals surface area contributed by atoms with Gasteiger partial charge in [0.15, 0.2) is 24.5 Å². The molecule has 2 fully saturated rings. The van der Waals surface area contributed by atoms with Crippen LogP contribution in [-0.4, -0.2) is 176 Å². The molecule has 3 amide bonds. The van der Waals surface area contributed by atoms with E-state index < -0.39 is 158 Å². The number of methoxy groups -OCH3 is 1. The van der Waals surface area contributed by atoms with Crippen molar-refractivity contribution in [3.63, 3.8) is 0 Å². The van der Waals surface area contributed by atoms with E-state index in [4.69, 9.17) is 52.1 Å². The second-order valence-corrected chi connectivity index (χ2v) is 19.3. The minimum Gasteiger partial charge on any atom is -0.465 e. The van der Waals surface area contributed by atoms with Gasteiger partial charge in [-0.15, -0.1) is 0 Å². The molecule has 5 rings (SSSR count). The normalized spacial score (nSPS) is 25.5. The van der Waals surface area contributed by atoms with E-state index in [0.29, 0.717) is 0 Å². The van der Waals surface area contributed by atoms with Crippen molar-refractivity contribution in [2.75, 3.05) is 26.9 Å². The number of esters is 6. The Morgan fingerprint density at radius 2 is 1.33 bits per heavy atom. The number of aliphatic hydroxyl groups is 2. The van der Waals surface area contributed by atoms with Crippen LogP contribution in [-0.2, 0) is 90.5 Å². The van der Waals surface area contributed by atoms with Crippen LogP contribution in [0.4, 0.5) is 4.79 Å². The lowest BCUT2D eigenvalue weighted by Crippen LogP contribution is -2.70. The Hall–Kier alpha value is -6.77. The van der Waals surface area contributed by atoms with Crippen LogP contribution in [0.3, 0.4) is 0 Å². The zero-order valence-corrected chi connectivity index (χ0v) is 44.0. The molecular weight excluding hydrogens is 1010 g/mol. The highest BCUT2D eigenvalue weighted by molar-refractivity contribution is 5.83. The summed E-state index contributed by atoms with van der Waals surface area (Å²) < 4.78 is 63.0. The number of rotatable bonds is 20. The van der Waals surface area contributed by atoms with E-state index in [0.717, 1.165) is 70.9 Å². The van der Waals surface area contributed by atoms with Gasteiger partial charge in [-0.25, -0.2) is 14.4 Å². The van der Waals surface area contributed by atoms with Gasteiger partial charge in [-0.1, -0.05) is 48.5 Å². The van der Waals surface area contributed by atoms with Gasteiger partial charge in [0.25, 0.3) is 5.79 Å². The fraction of sp³-hybridized carbons (Fsp3) is 0.588. The van der Waals surface area contributed by atoms with Crippen LogP contribution in [0.1, 0.15) is 92.7 Å². The number of benzene rings is 2. The number of alkyl carbamates (subject to hydrolysis) is 1. The van der Waals surface area contributed by atoms with E-state index in [-0.39, 0.29) is 12.5 Å². The van der Waals surface area contributed by atoms with Crippen molar-refractivity contribution in [2.45, 2.75) is 166 Å². The number of nitrogens with one attached hydrogen (secondary N) is 3. The molecule has 0 radical (unpaired) electrons. The topological polar surface area (TPSA) is 332 Å². The van der Waals surface area contributed by atoms with E-state index in [2.05, 4.69) is 16.0 Å². The van der Waals surface area contributed by atoms with Gasteiger partial charge in [0.2, 0.25) is 11.8 Å². The van der Waals surface area contributed by atoms with Gasteiger partial charge < -0.3 is 78.3 Å². The number of amides is 3. The molecule has 3 aliphatic rings. The molecule has 2 heterocycles. The summed E-state index contributed by atoms with van der Waals surface area (Å²) in [6.45, 7) is 10.4. The minimum atomic E-state index is -2.78. The summed E-state index contributed by atoms with van der Waals surface area (Å²) in [6.07, 6.45) is -17.9. The lowest BCUT2D eigenvalue weighted by molar-refractivity contribution is -0.334. The van der Waals surface area contributed by atoms with E-state index in [1.807, 2.05) is 48.5 Å². The molecule has 25 nitrogen and oxygen atoms in total. The van der Waals surface area contributed by atoms with E-state index >= 15 is 0 Å². The highest BCUT2D eigenvalue weighted by Gasteiger charge is 2.60. The smallest absolute Gasteiger partial charge is 0.407 e. The Morgan fingerprint density at radius 3 is 1.86 bits per heavy atom. The van der Waals surface area contributed by atoms with Crippen molar-refractivity contribution >= 4 is 53.7 Å². The Bertz CT molecular complexity index is 2420. The van der Waals surface area contributed by atoms with Crippen LogP contribution in [0.25, 0.3) is 11.1 Å². The number of aliphatic hydroxyl groups excluding tert-OH is 2. The van der Waals surface area contributed by atoms with Crippen molar-refractivity contribution in [3.05, 3.63) is 59.7 Å². The predicted octanol–water partition coefficient (Wildman–Crippen LogP) is 1.13. The van der Waals surface area contributed by atoms with Gasteiger partial charge in [0.05, 0.1) is 32.3 Å². The summed E-state index contributed by atoms with van der Waals surface area (Å²) in [7, 11) is 0.926. The van der Waals surface area contributed by atoms with Crippen LogP contribution in [0.5, 0.6) is 0 Å². The molecule has 0 saturated carbocycles. The average Bonchev–Trinajstić information content (AvgIpc) is 3.65. The third-order valence-corrected chi connectivity index (χ3v) is 12.1. The van der Waals surface area contributed by atoms with Gasteiger partial charge >= 0.3 is 41.9 Å². The lowest BCUT2D eigenvalue weighted by Gasteiger charge is -2.49. The number of hydrogen-bond donors (Lipinski definition) is 5. The first-order chi connectivity index (χ1) is 35.6. The molecule has 2 aliphatic heterocycles. The molecule has 5 N–H and O–H groups in total. The first kappa shape index (κ1) is 60.1. The molecule has 76 heavy (non-hydrogen) atoms. The Labute approximate surface area is 438 Å². The monoisotopic (exact) mass is 1070 g/mol. The second-order valence-electron chi connectivity index (χ2n) is 19.3. The van der Waals surface area contributed by atoms with Crippen molar-refractivity contribution < 1.29 is 105 Å². The maximum absolute atomic E-state index is 14.1. The molecule has 13 atom stereocenters. The van der Waals surface area contributed by atoms with Crippen LogP contribution in [0.15, 0.2) is 48.5 Å². The number of carbonyl (C=O) groups excluding carboxylic acids is 9. The molecule has 25 heteroatoms. The fourth-order valence-electron chi connectivity index (χ4n) is 9.13.